The third kappa shape index (κ3) is 18.1. The molecule has 101 heavy (non-hydrogen) atoms. The number of aliphatic hydroxyl groups is 1. The number of urea groups is 1. The fourth-order valence-corrected chi connectivity index (χ4v) is 15.0. The number of nitrogens with zero attached hydrogens (tertiary/aromatic N) is 1. The van der Waals surface area contributed by atoms with Crippen LogP contribution in [-0.4, -0.2) is 179 Å². The molecule has 8 amide bonds. The van der Waals surface area contributed by atoms with Gasteiger partial charge in [-0.15, -0.1) is 0 Å². The summed E-state index contributed by atoms with van der Waals surface area (Å²) >= 11 is 0. The van der Waals surface area contributed by atoms with Crippen molar-refractivity contribution in [3.8, 4) is 11.8 Å². The Hall–Kier alpha value is -8.49. The van der Waals surface area contributed by atoms with Crippen LogP contribution in [0.4, 0.5) is 29.7 Å². The first-order valence-electron chi connectivity index (χ1n) is 34.8. The third-order valence-electron chi connectivity index (χ3n) is 20.1. The Morgan fingerprint density at radius 2 is 1.45 bits per heavy atom. The number of alkyl halides is 2. The van der Waals surface area contributed by atoms with Crippen LogP contribution in [0.5, 0.6) is 0 Å². The Morgan fingerprint density at radius 3 is 2.15 bits per heavy atom. The summed E-state index contributed by atoms with van der Waals surface area (Å²) in [7, 11) is 0. The highest BCUT2D eigenvalue weighted by Gasteiger charge is 2.80. The van der Waals surface area contributed by atoms with E-state index in [4.69, 9.17) is 38.9 Å². The quantitative estimate of drug-likeness (QED) is 0.0247. The van der Waals surface area contributed by atoms with Gasteiger partial charge in [0.2, 0.25) is 29.5 Å². The summed E-state index contributed by atoms with van der Waals surface area (Å²) in [6.07, 6.45) is -1.44. The summed E-state index contributed by atoms with van der Waals surface area (Å²) in [5, 5.41) is 28.0. The second-order valence-corrected chi connectivity index (χ2v) is 27.1. The number of amides is 8. The van der Waals surface area contributed by atoms with Crippen molar-refractivity contribution < 1.29 is 90.2 Å². The normalized spacial score (nSPS) is 25.7. The van der Waals surface area contributed by atoms with Crippen LogP contribution in [0.1, 0.15) is 121 Å². The van der Waals surface area contributed by atoms with Crippen LogP contribution in [0.3, 0.4) is 0 Å². The van der Waals surface area contributed by atoms with Gasteiger partial charge in [0, 0.05) is 65.9 Å². The minimum atomic E-state index is -2.39. The number of rotatable bonds is 35. The molecule has 3 aromatic rings. The molecule has 9 N–H and O–H groups in total. The Labute approximate surface area is 586 Å². The van der Waals surface area contributed by atoms with Gasteiger partial charge in [0.15, 0.2) is 29.1 Å². The number of ketones is 2. The summed E-state index contributed by atoms with van der Waals surface area (Å²) < 4.78 is 74.8. The van der Waals surface area contributed by atoms with E-state index in [1.807, 2.05) is 55.5 Å². The van der Waals surface area contributed by atoms with Crippen molar-refractivity contribution in [1.29, 1.82) is 0 Å². The Balaban J connectivity index is 0.646. The topological polar surface area (TPSA) is 340 Å². The molecule has 2 heterocycles. The van der Waals surface area contributed by atoms with E-state index in [9.17, 15) is 48.3 Å². The summed E-state index contributed by atoms with van der Waals surface area (Å²) in [4.78, 5) is 120. The zero-order valence-electron chi connectivity index (χ0n) is 57.9. The van der Waals surface area contributed by atoms with Crippen molar-refractivity contribution in [1.82, 2.24) is 26.6 Å². The van der Waals surface area contributed by atoms with Crippen LogP contribution in [0, 0.1) is 40.4 Å². The molecule has 0 bridgehead atoms. The van der Waals surface area contributed by atoms with Crippen molar-refractivity contribution in [3.05, 3.63) is 119 Å². The van der Waals surface area contributed by atoms with E-state index in [1.54, 1.807) is 49.9 Å². The van der Waals surface area contributed by atoms with Gasteiger partial charge in [-0.1, -0.05) is 94.5 Å². The molecular formula is C74H94F2N8O17. The van der Waals surface area contributed by atoms with Gasteiger partial charge in [-0.05, 0) is 116 Å². The van der Waals surface area contributed by atoms with Gasteiger partial charge < -0.3 is 80.8 Å². The average molecular weight is 1410 g/mol. The number of hydrogen-bond acceptors (Lipinski definition) is 17. The van der Waals surface area contributed by atoms with E-state index >= 15 is 8.78 Å². The standard InChI is InChI=1S/C74H94F2N8O17/c1-6-12-65-100-61-41-53-54-40-56(75)55-39-52(85)26-28-71(55,4)73(54,76)59(86)42-72(53,5)74(61,101-65)60(87)43-80-70(94)99-45-47-18-22-51(23-19-47)81-67(91)57(16-11-29-79-69(77)93)82-68(92)66(46(2)3)83-63(89)27-31-95-33-35-97-37-38-98-36-34-96-32-30-78-62(88)24-25-64(90)84-44-50-15-8-7-13-48(50)20-21-49-14-9-10-17-58(49)84/h7-10,13-15,17-19,22-23,26,28,39,46,53-54,56-57,59,61,65-66,86H,6,11-12,16,24-25,27,29-38,40-45H2,1-5H3,(H,78,88)(H,80,94)(H,81,91)(H,82,92)(H,83,89)(H3,77,79,93)/t53?,54-,56-,57-,59-,61+,65?,66-,71-,72-,73-,74+/m0/s1. The highest BCUT2D eigenvalue weighted by molar-refractivity contribution is 6.02. The molecule has 3 saturated carbocycles. The number of halogens is 2. The fraction of sp³-hybridized carbons (Fsp3) is 0.554. The minimum absolute atomic E-state index is 0.0194. The largest absolute Gasteiger partial charge is 0.445 e. The number of allylic oxidation sites excluding steroid dienone is 4. The van der Waals surface area contributed by atoms with Gasteiger partial charge >= 0.3 is 12.1 Å². The molecule has 0 aromatic heterocycles. The second kappa shape index (κ2) is 34.9. The molecular weight excluding hydrogens is 1310 g/mol. The SMILES string of the molecule is CCCC1O[C@@H]2CC3[C@@H]4C[C@H](F)C5=CC(=O)C=C[C@]5(C)[C@@]4(F)[C@@H](O)C[C@]3(C)[C@]2(C(=O)CNC(=O)OCc2ccc(NC(=O)[C@H](CCCNC(N)=O)NC(=O)[C@@H](NC(=O)CCOCCOCCOCCOCCNC(=O)CCC(=O)N3Cc4ccccc4C#Cc4ccccc43)C(C)C)cc2)O1. The van der Waals surface area contributed by atoms with Crippen molar-refractivity contribution in [2.45, 2.75) is 160 Å². The molecule has 2 aliphatic heterocycles. The Morgan fingerprint density at radius 1 is 0.772 bits per heavy atom. The lowest BCUT2D eigenvalue weighted by molar-refractivity contribution is -0.233. The highest BCUT2D eigenvalue weighted by atomic mass is 19.1. The number of aliphatic hydroxyl groups excluding tert-OH is 1. The smallest absolute Gasteiger partial charge is 0.407 e. The van der Waals surface area contributed by atoms with Gasteiger partial charge in [-0.3, -0.25) is 33.6 Å². The number of primary amides is 1. The van der Waals surface area contributed by atoms with E-state index in [0.717, 1.165) is 22.8 Å². The average Bonchev–Trinajstić information content (AvgIpc) is 1.54. The molecule has 4 aliphatic carbocycles. The molecule has 546 valence electrons. The van der Waals surface area contributed by atoms with Crippen molar-refractivity contribution >= 4 is 64.6 Å². The zero-order valence-corrected chi connectivity index (χ0v) is 57.9. The van der Waals surface area contributed by atoms with E-state index in [1.165, 1.54) is 19.1 Å². The Bertz CT molecular complexity index is 3620. The first kappa shape index (κ1) is 76.7. The van der Waals surface area contributed by atoms with Crippen LogP contribution in [0.2, 0.25) is 0 Å². The van der Waals surface area contributed by atoms with Crippen LogP contribution in [-0.2, 0) is 79.9 Å². The van der Waals surface area contributed by atoms with Gasteiger partial charge in [0.25, 0.3) is 0 Å². The minimum Gasteiger partial charge on any atom is -0.445 e. The lowest BCUT2D eigenvalue weighted by Crippen LogP contribution is -2.71. The maximum Gasteiger partial charge on any atom is 0.407 e. The van der Waals surface area contributed by atoms with Crippen LogP contribution < -0.4 is 42.5 Å². The van der Waals surface area contributed by atoms with Crippen molar-refractivity contribution in [3.63, 3.8) is 0 Å². The zero-order chi connectivity index (χ0) is 72.5. The summed E-state index contributed by atoms with van der Waals surface area (Å²) in [6.45, 7) is 10.4. The van der Waals surface area contributed by atoms with Gasteiger partial charge in [0.05, 0.1) is 83.8 Å². The number of alkyl carbamates (subject to hydrolysis) is 1. The predicted octanol–water partition coefficient (Wildman–Crippen LogP) is 6.00. The number of nitrogens with two attached hydrogens (primary N) is 1. The molecule has 6 aliphatic rings. The third-order valence-corrected chi connectivity index (χ3v) is 20.1. The lowest BCUT2D eigenvalue weighted by atomic mass is 9.44. The van der Waals surface area contributed by atoms with Gasteiger partial charge in [0.1, 0.15) is 24.9 Å². The second-order valence-electron chi connectivity index (χ2n) is 27.1. The maximum absolute atomic E-state index is 17.9. The number of hydrogen-bond donors (Lipinski definition) is 8. The molecule has 3 aromatic carbocycles. The molecule has 0 radical (unpaired) electrons. The van der Waals surface area contributed by atoms with Gasteiger partial charge in [-0.25, -0.2) is 18.4 Å². The van der Waals surface area contributed by atoms with E-state index in [-0.39, 0.29) is 121 Å². The monoisotopic (exact) mass is 1400 g/mol. The number of carbonyl (C=O) groups is 9. The summed E-state index contributed by atoms with van der Waals surface area (Å²) in [5.41, 5.74) is 2.26. The van der Waals surface area contributed by atoms with Crippen LogP contribution >= 0.6 is 0 Å². The summed E-state index contributed by atoms with van der Waals surface area (Å²) in [6, 6.07) is 18.5. The molecule has 25 nitrogen and oxygen atoms in total. The fourth-order valence-electron chi connectivity index (χ4n) is 15.0. The number of nitrogens with one attached hydrogen (secondary N) is 6. The molecule has 12 atom stereocenters. The Kier molecular flexibility index (Phi) is 26.5. The van der Waals surface area contributed by atoms with E-state index < -0.39 is 125 Å². The molecule has 27 heteroatoms. The van der Waals surface area contributed by atoms with Crippen LogP contribution in [0.25, 0.3) is 0 Å². The van der Waals surface area contributed by atoms with Crippen molar-refractivity contribution in [2.75, 3.05) is 82.7 Å². The first-order chi connectivity index (χ1) is 48.4. The number of anilines is 2. The highest BCUT2D eigenvalue weighted by Crippen LogP contribution is 2.72. The van der Waals surface area contributed by atoms with E-state index in [0.29, 0.717) is 56.1 Å². The maximum atomic E-state index is 17.9. The molecule has 0 spiro atoms. The number of ether oxygens (including phenoxy) is 7. The number of fused-ring (bicyclic) bond motifs is 9. The predicted molar refractivity (Wildman–Crippen MR) is 365 cm³/mol. The first-order valence-corrected chi connectivity index (χ1v) is 34.8. The number of Topliss-reactive ketones (excluding diaryl/α,β-unsaturated/α-hetero) is 1. The number of carbonyl (C=O) groups excluding carboxylic acids is 9. The molecule has 1 saturated heterocycles. The number of para-hydroxylation sites is 1. The van der Waals surface area contributed by atoms with Gasteiger partial charge in [-0.2, -0.15) is 0 Å². The van der Waals surface area contributed by atoms with Crippen molar-refractivity contribution in [2.24, 2.45) is 34.3 Å². The molecule has 4 fully saturated rings. The number of benzene rings is 3. The summed E-state index contributed by atoms with van der Waals surface area (Å²) in [5.74, 6) is 1.01. The van der Waals surface area contributed by atoms with E-state index in [2.05, 4.69) is 43.7 Å². The molecule has 2 unspecified atom stereocenters. The lowest BCUT2D eigenvalue weighted by Gasteiger charge is -2.63. The van der Waals surface area contributed by atoms with Crippen LogP contribution in [0.15, 0.2) is 96.6 Å². The molecule has 9 rings (SSSR count).